The Morgan fingerprint density at radius 2 is 1.97 bits per heavy atom. The van der Waals surface area contributed by atoms with E-state index in [-0.39, 0.29) is 13.0 Å². The fourth-order valence-corrected chi connectivity index (χ4v) is 3.96. The molecule has 9 heteroatoms. The number of ether oxygens (including phenoxy) is 1. The average molecular weight is 485 g/mol. The molecule has 2 aromatic heterocycles. The van der Waals surface area contributed by atoms with Gasteiger partial charge in [0.2, 0.25) is 0 Å². The molecule has 0 aliphatic carbocycles. The molecule has 0 aliphatic rings. The summed E-state index contributed by atoms with van der Waals surface area (Å²) in [6.07, 6.45) is 6.06. The normalized spacial score (nSPS) is 11.9. The Hall–Kier alpha value is -4.66. The number of aromatic nitrogens is 3. The van der Waals surface area contributed by atoms with Gasteiger partial charge in [0, 0.05) is 47.0 Å². The Bertz CT molecular complexity index is 1360. The van der Waals surface area contributed by atoms with Crippen LogP contribution in [-0.4, -0.2) is 38.8 Å². The maximum atomic E-state index is 13.0. The number of fused-ring (bicyclic) bond motifs is 1. The largest absolute Gasteiger partial charge is 0.445 e. The first kappa shape index (κ1) is 24.5. The minimum Gasteiger partial charge on any atom is -0.445 e. The van der Waals surface area contributed by atoms with E-state index in [1.54, 1.807) is 12.4 Å². The van der Waals surface area contributed by atoms with Crippen LogP contribution in [0.3, 0.4) is 0 Å². The summed E-state index contributed by atoms with van der Waals surface area (Å²) in [7, 11) is 0. The number of amides is 2. The molecule has 0 radical (unpaired) electrons. The van der Waals surface area contributed by atoms with Crippen molar-refractivity contribution in [3.63, 3.8) is 0 Å². The summed E-state index contributed by atoms with van der Waals surface area (Å²) >= 11 is 0. The minimum absolute atomic E-state index is 0.0945. The van der Waals surface area contributed by atoms with Gasteiger partial charge in [0.05, 0.1) is 12.5 Å². The molecule has 2 aromatic carbocycles. The number of H-pyrrole nitrogens is 1. The zero-order valence-corrected chi connectivity index (χ0v) is 20.0. The third-order valence-electron chi connectivity index (χ3n) is 5.76. The van der Waals surface area contributed by atoms with Gasteiger partial charge >= 0.3 is 6.09 Å². The number of hydrogen-bond donors (Lipinski definition) is 3. The number of hydrazone groups is 1. The molecule has 3 N–H and O–H groups in total. The zero-order chi connectivity index (χ0) is 25.3. The number of carbonyl (C=O) groups excluding carboxylic acids is 2. The molecule has 9 nitrogen and oxygen atoms in total. The predicted octanol–water partition coefficient (Wildman–Crippen LogP) is 3.85. The van der Waals surface area contributed by atoms with Crippen LogP contribution in [0.25, 0.3) is 10.9 Å². The fraction of sp³-hybridized carbons (Fsp3) is 0.185. The van der Waals surface area contributed by atoms with E-state index in [9.17, 15) is 9.59 Å². The topological polar surface area (TPSA) is 113 Å². The number of nitrogens with one attached hydrogen (secondary N) is 3. The summed E-state index contributed by atoms with van der Waals surface area (Å²) in [6, 6.07) is 16.4. The van der Waals surface area contributed by atoms with E-state index in [1.807, 2.05) is 67.6 Å². The first-order valence-corrected chi connectivity index (χ1v) is 11.5. The summed E-state index contributed by atoms with van der Waals surface area (Å²) in [6.45, 7) is 6.59. The van der Waals surface area contributed by atoms with E-state index in [4.69, 9.17) is 4.74 Å². The van der Waals surface area contributed by atoms with Gasteiger partial charge in [0.1, 0.15) is 12.6 Å². The molecule has 4 aromatic rings. The molecular formula is C27H28N6O3. The van der Waals surface area contributed by atoms with E-state index in [1.165, 1.54) is 6.33 Å². The van der Waals surface area contributed by atoms with Crippen LogP contribution in [0.2, 0.25) is 0 Å². The molecule has 1 atom stereocenters. The number of rotatable bonds is 10. The number of alkyl carbamates (subject to hydrolysis) is 1. The predicted molar refractivity (Wildman–Crippen MR) is 138 cm³/mol. The standard InChI is InChI=1S/C27H28N6O3/c1-3-13-33-19(2)23(22-11-7-8-12-25(22)33)16-30-32-26(34)24(14-21-15-28-18-29-21)31-27(35)36-17-20-9-5-4-6-10-20/h3-12,15-16,18,24H,1,13-14,17H2,2H3,(H,28,29)(H,31,35)(H,32,34)/b30-16-/t24-/m0/s1. The Morgan fingerprint density at radius 3 is 2.72 bits per heavy atom. The Kier molecular flexibility index (Phi) is 7.92. The molecule has 2 amide bonds. The smallest absolute Gasteiger partial charge is 0.408 e. The quantitative estimate of drug-likeness (QED) is 0.180. The van der Waals surface area contributed by atoms with Gasteiger partial charge in [-0.1, -0.05) is 54.6 Å². The van der Waals surface area contributed by atoms with Crippen LogP contribution in [0.1, 0.15) is 22.5 Å². The van der Waals surface area contributed by atoms with Crippen molar-refractivity contribution in [2.45, 2.75) is 32.5 Å². The molecular weight excluding hydrogens is 456 g/mol. The highest BCUT2D eigenvalue weighted by Crippen LogP contribution is 2.24. The number of carbonyl (C=O) groups is 2. The third-order valence-corrected chi connectivity index (χ3v) is 5.76. The van der Waals surface area contributed by atoms with Crippen molar-refractivity contribution in [2.24, 2.45) is 5.10 Å². The van der Waals surface area contributed by atoms with E-state index in [0.29, 0.717) is 12.2 Å². The lowest BCUT2D eigenvalue weighted by Crippen LogP contribution is -2.47. The Balaban J connectivity index is 1.45. The van der Waals surface area contributed by atoms with Gasteiger partial charge in [0.25, 0.3) is 5.91 Å². The second-order valence-electron chi connectivity index (χ2n) is 8.19. The lowest BCUT2D eigenvalue weighted by atomic mass is 10.1. The fourth-order valence-electron chi connectivity index (χ4n) is 3.96. The van der Waals surface area contributed by atoms with Crippen LogP contribution in [0.5, 0.6) is 0 Å². The number of allylic oxidation sites excluding steroid dienone is 1. The van der Waals surface area contributed by atoms with Gasteiger partial charge in [-0.05, 0) is 18.6 Å². The third kappa shape index (κ3) is 5.87. The van der Waals surface area contributed by atoms with Gasteiger partial charge in [0.15, 0.2) is 0 Å². The molecule has 2 heterocycles. The van der Waals surface area contributed by atoms with E-state index in [0.717, 1.165) is 27.7 Å². The highest BCUT2D eigenvalue weighted by atomic mass is 16.5. The highest BCUT2D eigenvalue weighted by molar-refractivity contribution is 6.01. The van der Waals surface area contributed by atoms with E-state index >= 15 is 0 Å². The summed E-state index contributed by atoms with van der Waals surface area (Å²) < 4.78 is 7.42. The van der Waals surface area contributed by atoms with Crippen LogP contribution in [0.4, 0.5) is 4.79 Å². The van der Waals surface area contributed by atoms with Crippen molar-refractivity contribution < 1.29 is 14.3 Å². The lowest BCUT2D eigenvalue weighted by molar-refractivity contribution is -0.123. The van der Waals surface area contributed by atoms with Crippen LogP contribution < -0.4 is 10.7 Å². The summed E-state index contributed by atoms with van der Waals surface area (Å²) in [5.74, 6) is -0.481. The van der Waals surface area contributed by atoms with Gasteiger partial charge in [-0.2, -0.15) is 5.10 Å². The lowest BCUT2D eigenvalue weighted by Gasteiger charge is -2.16. The maximum absolute atomic E-state index is 13.0. The van der Waals surface area contributed by atoms with E-state index in [2.05, 4.69) is 37.0 Å². The number of aromatic amines is 1. The highest BCUT2D eigenvalue weighted by Gasteiger charge is 2.23. The molecule has 184 valence electrons. The van der Waals surface area contributed by atoms with Crippen molar-refractivity contribution in [1.82, 2.24) is 25.3 Å². The Labute approximate surface area is 208 Å². The molecule has 0 spiro atoms. The number of para-hydroxylation sites is 1. The molecule has 4 rings (SSSR count). The SMILES string of the molecule is C=CCn1c(C)c(/C=N\NC(=O)[C@H](Cc2cnc[nH]2)NC(=O)OCc2ccccc2)c2ccccc21. The number of imidazole rings is 1. The van der Waals surface area contributed by atoms with Crippen molar-refractivity contribution >= 4 is 29.1 Å². The number of benzene rings is 2. The average Bonchev–Trinajstić information content (AvgIpc) is 3.50. The summed E-state index contributed by atoms with van der Waals surface area (Å²) in [5.41, 5.74) is 7.04. The van der Waals surface area contributed by atoms with Crippen LogP contribution in [0, 0.1) is 6.92 Å². The summed E-state index contributed by atoms with van der Waals surface area (Å²) in [4.78, 5) is 32.3. The Morgan fingerprint density at radius 1 is 1.19 bits per heavy atom. The van der Waals surface area contributed by atoms with E-state index < -0.39 is 18.0 Å². The van der Waals surface area contributed by atoms with Crippen molar-refractivity contribution in [3.05, 3.63) is 102 Å². The second kappa shape index (κ2) is 11.7. The molecule has 0 bridgehead atoms. The molecule has 0 saturated heterocycles. The minimum atomic E-state index is -0.922. The van der Waals surface area contributed by atoms with Crippen molar-refractivity contribution in [1.29, 1.82) is 0 Å². The maximum Gasteiger partial charge on any atom is 0.408 e. The van der Waals surface area contributed by atoms with Crippen molar-refractivity contribution in [2.75, 3.05) is 0 Å². The van der Waals surface area contributed by atoms with Crippen LogP contribution >= 0.6 is 0 Å². The monoisotopic (exact) mass is 484 g/mol. The van der Waals surface area contributed by atoms with Crippen molar-refractivity contribution in [3.8, 4) is 0 Å². The van der Waals surface area contributed by atoms with Gasteiger partial charge in [-0.3, -0.25) is 4.79 Å². The molecule has 0 fully saturated rings. The molecule has 0 unspecified atom stereocenters. The first-order valence-electron chi connectivity index (χ1n) is 11.5. The molecule has 0 saturated carbocycles. The van der Waals surface area contributed by atoms with Crippen LogP contribution in [-0.2, 0) is 29.1 Å². The first-order chi connectivity index (χ1) is 17.6. The molecule has 36 heavy (non-hydrogen) atoms. The van der Waals surface area contributed by atoms with Crippen LogP contribution in [0.15, 0.2) is 84.9 Å². The zero-order valence-electron chi connectivity index (χ0n) is 20.0. The number of hydrogen-bond acceptors (Lipinski definition) is 5. The van der Waals surface area contributed by atoms with Gasteiger partial charge < -0.3 is 19.6 Å². The van der Waals surface area contributed by atoms with Gasteiger partial charge in [-0.25, -0.2) is 15.2 Å². The second-order valence-corrected chi connectivity index (χ2v) is 8.19. The molecule has 0 aliphatic heterocycles. The number of nitrogens with zero attached hydrogens (tertiary/aromatic N) is 3. The van der Waals surface area contributed by atoms with Gasteiger partial charge in [-0.15, -0.1) is 6.58 Å². The summed E-state index contributed by atoms with van der Waals surface area (Å²) in [5, 5.41) is 7.84.